The highest BCUT2D eigenvalue weighted by molar-refractivity contribution is 7.25. The van der Waals surface area contributed by atoms with Gasteiger partial charge < -0.3 is 0 Å². The molecule has 2 heterocycles. The van der Waals surface area contributed by atoms with Crippen molar-refractivity contribution in [3.05, 3.63) is 235 Å². The smallest absolute Gasteiger partial charge is 0.164 e. The maximum absolute atomic E-state index is 5.37. The molecule has 2 aromatic heterocycles. The van der Waals surface area contributed by atoms with E-state index in [1.807, 2.05) is 29.5 Å². The van der Waals surface area contributed by atoms with E-state index in [2.05, 4.69) is 194 Å². The van der Waals surface area contributed by atoms with Gasteiger partial charge in [0.05, 0.1) is 5.41 Å². The summed E-state index contributed by atoms with van der Waals surface area (Å²) in [5.74, 6) is 1.91. The van der Waals surface area contributed by atoms with Crippen molar-refractivity contribution in [1.82, 2.24) is 15.0 Å². The molecule has 0 radical (unpaired) electrons. The zero-order valence-electron chi connectivity index (χ0n) is 33.5. The standard InChI is InChI=1S/C58H35N3S/c1-2-16-36(17-3-1)55-59-56(39-19-14-18-37(34-39)38-32-33-45-44-24-9-13-31-52(44)62-53(45)35-38)61-57(60-55)48-25-5-4-20-40(48)46-26-15-27-47-43-23-8-12-30-51(43)58(54(46)47)49-28-10-6-21-41(49)42-22-7-11-29-50(42)58/h1-35H. The van der Waals surface area contributed by atoms with Crippen molar-refractivity contribution < 1.29 is 0 Å². The predicted molar refractivity (Wildman–Crippen MR) is 256 cm³/mol. The minimum atomic E-state index is -0.498. The van der Waals surface area contributed by atoms with Gasteiger partial charge in [-0.15, -0.1) is 11.3 Å². The second kappa shape index (κ2) is 13.6. The maximum Gasteiger partial charge on any atom is 0.164 e. The fourth-order valence-corrected chi connectivity index (χ4v) is 11.5. The van der Waals surface area contributed by atoms with E-state index >= 15 is 0 Å². The lowest BCUT2D eigenvalue weighted by Crippen LogP contribution is -2.26. The number of benzene rings is 9. The highest BCUT2D eigenvalue weighted by atomic mass is 32.1. The molecule has 11 aromatic rings. The summed E-state index contributed by atoms with van der Waals surface area (Å²) < 4.78 is 2.58. The molecule has 0 aliphatic heterocycles. The molecule has 4 heteroatoms. The molecule has 9 aromatic carbocycles. The minimum absolute atomic E-state index is 0.498. The third-order valence-electron chi connectivity index (χ3n) is 13.0. The van der Waals surface area contributed by atoms with E-state index in [1.165, 1.54) is 70.2 Å². The number of aromatic nitrogens is 3. The van der Waals surface area contributed by atoms with Gasteiger partial charge in [-0.25, -0.2) is 15.0 Å². The summed E-state index contributed by atoms with van der Waals surface area (Å²) in [7, 11) is 0. The van der Waals surface area contributed by atoms with Crippen molar-refractivity contribution >= 4 is 31.5 Å². The summed E-state index contributed by atoms with van der Waals surface area (Å²) in [6, 6.07) is 76.8. The fraction of sp³-hybridized carbons (Fsp3) is 0.0172. The van der Waals surface area contributed by atoms with Gasteiger partial charge in [-0.3, -0.25) is 0 Å². The maximum atomic E-state index is 5.37. The highest BCUT2D eigenvalue weighted by Gasteiger charge is 2.52. The largest absolute Gasteiger partial charge is 0.208 e. The molecule has 0 fully saturated rings. The van der Waals surface area contributed by atoms with Crippen molar-refractivity contribution in [3.63, 3.8) is 0 Å². The summed E-state index contributed by atoms with van der Waals surface area (Å²) in [6.45, 7) is 0. The van der Waals surface area contributed by atoms with Crippen molar-refractivity contribution in [2.45, 2.75) is 5.41 Å². The van der Waals surface area contributed by atoms with E-state index in [1.54, 1.807) is 0 Å². The van der Waals surface area contributed by atoms with Gasteiger partial charge in [-0.1, -0.05) is 194 Å². The first-order valence-corrected chi connectivity index (χ1v) is 21.9. The lowest BCUT2D eigenvalue weighted by molar-refractivity contribution is 0.796. The van der Waals surface area contributed by atoms with Gasteiger partial charge in [0.25, 0.3) is 0 Å². The van der Waals surface area contributed by atoms with Crippen LogP contribution in [-0.2, 0) is 5.41 Å². The molecule has 0 unspecified atom stereocenters. The average Bonchev–Trinajstić information content (AvgIpc) is 3.98. The first-order chi connectivity index (χ1) is 30.7. The Morgan fingerprint density at radius 3 is 1.48 bits per heavy atom. The lowest BCUT2D eigenvalue weighted by Gasteiger charge is -2.32. The van der Waals surface area contributed by atoms with Crippen LogP contribution < -0.4 is 0 Å². The molecule has 13 rings (SSSR count). The number of rotatable bonds is 5. The van der Waals surface area contributed by atoms with E-state index in [0.717, 1.165) is 33.4 Å². The predicted octanol–water partition coefficient (Wildman–Crippen LogP) is 14.9. The Labute approximate surface area is 363 Å². The molecule has 0 amide bonds. The third kappa shape index (κ3) is 5.08. The van der Waals surface area contributed by atoms with Gasteiger partial charge in [0.15, 0.2) is 17.5 Å². The molecular weight excluding hydrogens is 771 g/mol. The summed E-state index contributed by atoms with van der Waals surface area (Å²) in [5.41, 5.74) is 17.2. The molecule has 0 N–H and O–H groups in total. The van der Waals surface area contributed by atoms with E-state index in [-0.39, 0.29) is 0 Å². The summed E-state index contributed by atoms with van der Waals surface area (Å²) in [5, 5.41) is 2.59. The minimum Gasteiger partial charge on any atom is -0.208 e. The van der Waals surface area contributed by atoms with E-state index in [4.69, 9.17) is 15.0 Å². The normalized spacial score (nSPS) is 13.0. The molecule has 3 nitrogen and oxygen atoms in total. The first kappa shape index (κ1) is 35.0. The van der Waals surface area contributed by atoms with Gasteiger partial charge in [-0.05, 0) is 85.0 Å². The lowest BCUT2D eigenvalue weighted by atomic mass is 9.68. The number of nitrogens with zero attached hydrogens (tertiary/aromatic N) is 3. The first-order valence-electron chi connectivity index (χ1n) is 21.1. The van der Waals surface area contributed by atoms with Crippen LogP contribution in [0.1, 0.15) is 22.3 Å². The molecule has 2 aliphatic rings. The number of thiophene rings is 1. The molecule has 0 bridgehead atoms. The van der Waals surface area contributed by atoms with Crippen molar-refractivity contribution in [1.29, 1.82) is 0 Å². The van der Waals surface area contributed by atoms with Crippen LogP contribution in [0.25, 0.3) is 98.8 Å². The monoisotopic (exact) mass is 805 g/mol. The number of fused-ring (bicyclic) bond motifs is 13. The Balaban J connectivity index is 1.01. The second-order valence-corrected chi connectivity index (χ2v) is 17.3. The quantitative estimate of drug-likeness (QED) is 0.174. The molecule has 0 atom stereocenters. The Hall–Kier alpha value is -7.79. The second-order valence-electron chi connectivity index (χ2n) is 16.2. The van der Waals surface area contributed by atoms with E-state index in [0.29, 0.717) is 17.5 Å². The van der Waals surface area contributed by atoms with Crippen LogP contribution in [0.15, 0.2) is 212 Å². The van der Waals surface area contributed by atoms with Crippen LogP contribution >= 0.6 is 11.3 Å². The van der Waals surface area contributed by atoms with Gasteiger partial charge in [-0.2, -0.15) is 0 Å². The molecule has 62 heavy (non-hydrogen) atoms. The van der Waals surface area contributed by atoms with Gasteiger partial charge >= 0.3 is 0 Å². The summed E-state index contributed by atoms with van der Waals surface area (Å²) in [6.07, 6.45) is 0. The van der Waals surface area contributed by atoms with Crippen LogP contribution in [0, 0.1) is 0 Å². The zero-order chi connectivity index (χ0) is 40.8. The Morgan fingerprint density at radius 2 is 0.758 bits per heavy atom. The zero-order valence-corrected chi connectivity index (χ0v) is 34.3. The highest BCUT2D eigenvalue weighted by Crippen LogP contribution is 2.64. The van der Waals surface area contributed by atoms with Crippen molar-refractivity contribution in [3.8, 4) is 78.7 Å². The van der Waals surface area contributed by atoms with Crippen LogP contribution in [0.4, 0.5) is 0 Å². The molecule has 288 valence electrons. The Morgan fingerprint density at radius 1 is 0.290 bits per heavy atom. The van der Waals surface area contributed by atoms with E-state index < -0.39 is 5.41 Å². The van der Waals surface area contributed by atoms with Crippen LogP contribution in [0.5, 0.6) is 0 Å². The SMILES string of the molecule is c1ccc(-c2nc(-c3cccc(-c4ccc5c(c4)sc4ccccc45)c3)nc(-c3ccccc3-c3cccc4c3C3(c5ccccc5-c5ccccc53)c3ccccc3-4)n2)cc1. The summed E-state index contributed by atoms with van der Waals surface area (Å²) in [4.78, 5) is 15.9. The molecular formula is C58H35N3S. The van der Waals surface area contributed by atoms with Gasteiger partial charge in [0.2, 0.25) is 0 Å². The third-order valence-corrected chi connectivity index (χ3v) is 14.1. The fourth-order valence-electron chi connectivity index (χ4n) is 10.4. The Kier molecular flexibility index (Phi) is 7.69. The van der Waals surface area contributed by atoms with Crippen molar-refractivity contribution in [2.24, 2.45) is 0 Å². The van der Waals surface area contributed by atoms with E-state index in [9.17, 15) is 0 Å². The van der Waals surface area contributed by atoms with Gasteiger partial charge in [0.1, 0.15) is 0 Å². The van der Waals surface area contributed by atoms with Gasteiger partial charge in [0, 0.05) is 36.9 Å². The molecule has 0 saturated carbocycles. The molecule has 1 spiro atoms. The summed E-state index contributed by atoms with van der Waals surface area (Å²) >= 11 is 1.84. The topological polar surface area (TPSA) is 38.7 Å². The van der Waals surface area contributed by atoms with Crippen molar-refractivity contribution in [2.75, 3.05) is 0 Å². The van der Waals surface area contributed by atoms with Crippen LogP contribution in [0.3, 0.4) is 0 Å². The van der Waals surface area contributed by atoms with Crippen LogP contribution in [-0.4, -0.2) is 15.0 Å². The van der Waals surface area contributed by atoms with Crippen LogP contribution in [0.2, 0.25) is 0 Å². The number of hydrogen-bond acceptors (Lipinski definition) is 4. The molecule has 2 aliphatic carbocycles. The Bertz CT molecular complexity index is 3540. The average molecular weight is 806 g/mol. The number of hydrogen-bond donors (Lipinski definition) is 0. The molecule has 0 saturated heterocycles.